The van der Waals surface area contributed by atoms with Crippen LogP contribution in [0.25, 0.3) is 21.6 Å². The smallest absolute Gasteiger partial charge is 0.171 e. The summed E-state index contributed by atoms with van der Waals surface area (Å²) in [5.74, 6) is 3.04. The van der Waals surface area contributed by atoms with Gasteiger partial charge in [-0.2, -0.15) is 11.8 Å². The van der Waals surface area contributed by atoms with Crippen molar-refractivity contribution in [2.45, 2.75) is 12.2 Å². The Morgan fingerprint density at radius 2 is 2.10 bits per heavy atom. The number of aromatic nitrogens is 2. The highest BCUT2D eigenvalue weighted by Gasteiger charge is 2.17. The van der Waals surface area contributed by atoms with Gasteiger partial charge in [0.2, 0.25) is 0 Å². The molecule has 3 heterocycles. The van der Waals surface area contributed by atoms with E-state index in [1.807, 2.05) is 30.0 Å². The third kappa shape index (κ3) is 2.61. The van der Waals surface area contributed by atoms with Crippen LogP contribution in [0.1, 0.15) is 10.4 Å². The summed E-state index contributed by atoms with van der Waals surface area (Å²) < 4.78 is 0.983. The first-order valence-electron chi connectivity index (χ1n) is 6.53. The van der Waals surface area contributed by atoms with Crippen molar-refractivity contribution in [2.24, 2.45) is 0 Å². The van der Waals surface area contributed by atoms with Gasteiger partial charge in [-0.3, -0.25) is 0 Å². The predicted octanol–water partition coefficient (Wildman–Crippen LogP) is 5.56. The molecule has 4 rings (SSSR count). The Morgan fingerprint density at radius 3 is 2.95 bits per heavy atom. The second-order valence-electron chi connectivity index (χ2n) is 4.86. The number of aryl methyl sites for hydroxylation is 1. The number of benzene rings is 1. The van der Waals surface area contributed by atoms with Crippen LogP contribution in [0.3, 0.4) is 0 Å². The first-order chi connectivity index (χ1) is 10.2. The van der Waals surface area contributed by atoms with Gasteiger partial charge >= 0.3 is 0 Å². The third-order valence-electron chi connectivity index (χ3n) is 3.46. The maximum absolute atomic E-state index is 6.34. The normalized spacial score (nSPS) is 14.4. The average molecular weight is 398 g/mol. The van der Waals surface area contributed by atoms with Gasteiger partial charge in [0.1, 0.15) is 5.15 Å². The van der Waals surface area contributed by atoms with E-state index in [1.54, 1.807) is 11.3 Å². The molecule has 0 amide bonds. The van der Waals surface area contributed by atoms with Crippen molar-refractivity contribution in [1.82, 2.24) is 9.97 Å². The maximum atomic E-state index is 6.34. The summed E-state index contributed by atoms with van der Waals surface area (Å²) in [6, 6.07) is 8.13. The number of halogens is 2. The van der Waals surface area contributed by atoms with Crippen molar-refractivity contribution < 1.29 is 0 Å². The monoisotopic (exact) mass is 396 g/mol. The lowest BCUT2D eigenvalue weighted by molar-refractivity contribution is 1.13. The van der Waals surface area contributed by atoms with Crippen LogP contribution in [0.2, 0.25) is 5.15 Å². The molecule has 3 aromatic rings. The van der Waals surface area contributed by atoms with Gasteiger partial charge in [-0.15, -0.1) is 11.3 Å². The van der Waals surface area contributed by atoms with Crippen molar-refractivity contribution in [2.75, 3.05) is 5.75 Å². The van der Waals surface area contributed by atoms with Gasteiger partial charge in [0.15, 0.2) is 5.82 Å². The topological polar surface area (TPSA) is 25.8 Å². The molecule has 0 unspecified atom stereocenters. The Labute approximate surface area is 144 Å². The maximum Gasteiger partial charge on any atom is 0.171 e. The lowest BCUT2D eigenvalue weighted by atomic mass is 10.2. The summed E-state index contributed by atoms with van der Waals surface area (Å²) >= 11 is 13.6. The second kappa shape index (κ2) is 5.54. The number of nitrogens with zero attached hydrogens (tertiary/aromatic N) is 2. The van der Waals surface area contributed by atoms with E-state index in [0.717, 1.165) is 38.3 Å². The standard InChI is InChI=1S/C15H10BrClN2S2/c16-9-1-2-11-10(6-9)14(17)19-15(18-11)13-5-8-7-20-4-3-12(8)21-13/h1-2,5-6H,3-4,7H2. The van der Waals surface area contributed by atoms with Crippen LogP contribution in [0.5, 0.6) is 0 Å². The number of fused-ring (bicyclic) bond motifs is 2. The molecule has 0 fully saturated rings. The van der Waals surface area contributed by atoms with Crippen molar-refractivity contribution >= 4 is 61.5 Å². The number of thioether (sulfide) groups is 1. The summed E-state index contributed by atoms with van der Waals surface area (Å²) in [6.45, 7) is 0. The highest BCUT2D eigenvalue weighted by molar-refractivity contribution is 9.10. The Hall–Kier alpha value is -0.620. The molecule has 0 atom stereocenters. The highest BCUT2D eigenvalue weighted by atomic mass is 79.9. The number of rotatable bonds is 1. The summed E-state index contributed by atoms with van der Waals surface area (Å²) in [5, 5.41) is 1.39. The zero-order valence-corrected chi connectivity index (χ0v) is 14.9. The molecular weight excluding hydrogens is 388 g/mol. The van der Waals surface area contributed by atoms with Gasteiger partial charge in [0.25, 0.3) is 0 Å². The fourth-order valence-corrected chi connectivity index (χ4v) is 5.33. The minimum absolute atomic E-state index is 0.511. The van der Waals surface area contributed by atoms with E-state index < -0.39 is 0 Å². The Morgan fingerprint density at radius 1 is 1.19 bits per heavy atom. The first-order valence-corrected chi connectivity index (χ1v) is 9.67. The molecule has 6 heteroatoms. The van der Waals surface area contributed by atoms with Gasteiger partial charge in [-0.25, -0.2) is 9.97 Å². The average Bonchev–Trinajstić information content (AvgIpc) is 2.92. The Bertz CT molecular complexity index is 824. The Balaban J connectivity index is 1.86. The van der Waals surface area contributed by atoms with Crippen LogP contribution < -0.4 is 0 Å². The molecule has 0 aliphatic carbocycles. The van der Waals surface area contributed by atoms with Gasteiger partial charge in [-0.1, -0.05) is 27.5 Å². The molecule has 0 N–H and O–H groups in total. The van der Waals surface area contributed by atoms with Crippen molar-refractivity contribution in [3.8, 4) is 10.7 Å². The van der Waals surface area contributed by atoms with Gasteiger partial charge in [0.05, 0.1) is 10.4 Å². The van der Waals surface area contributed by atoms with E-state index in [0.29, 0.717) is 5.15 Å². The predicted molar refractivity (Wildman–Crippen MR) is 95.4 cm³/mol. The molecule has 2 aromatic heterocycles. The fourth-order valence-electron chi connectivity index (χ4n) is 2.43. The largest absolute Gasteiger partial charge is 0.227 e. The van der Waals surface area contributed by atoms with E-state index in [9.17, 15) is 0 Å². The van der Waals surface area contributed by atoms with Gasteiger partial charge in [-0.05, 0) is 42.0 Å². The second-order valence-corrected chi connectivity index (χ2v) is 8.38. The molecule has 21 heavy (non-hydrogen) atoms. The van der Waals surface area contributed by atoms with Crippen molar-refractivity contribution in [1.29, 1.82) is 0 Å². The summed E-state index contributed by atoms with van der Waals surface area (Å²) in [7, 11) is 0. The minimum Gasteiger partial charge on any atom is -0.227 e. The lowest BCUT2D eigenvalue weighted by Gasteiger charge is -2.08. The number of hydrogen-bond acceptors (Lipinski definition) is 4. The summed E-state index contributed by atoms with van der Waals surface area (Å²) in [6.07, 6.45) is 1.15. The van der Waals surface area contributed by atoms with E-state index in [1.165, 1.54) is 16.2 Å². The van der Waals surface area contributed by atoms with Crippen LogP contribution in [0.4, 0.5) is 0 Å². The lowest BCUT2D eigenvalue weighted by Crippen LogP contribution is -1.96. The van der Waals surface area contributed by atoms with E-state index in [4.69, 9.17) is 11.6 Å². The zero-order valence-electron chi connectivity index (χ0n) is 10.9. The van der Waals surface area contributed by atoms with Gasteiger partial charge in [0, 0.05) is 20.5 Å². The molecule has 0 saturated heterocycles. The molecular formula is C15H10BrClN2S2. The molecule has 1 aliphatic rings. The Kier molecular flexibility index (Phi) is 3.69. The number of thiophene rings is 1. The first kappa shape index (κ1) is 14.0. The van der Waals surface area contributed by atoms with Crippen LogP contribution >= 0.6 is 50.6 Å². The van der Waals surface area contributed by atoms with E-state index in [2.05, 4.69) is 32.0 Å². The summed E-state index contributed by atoms with van der Waals surface area (Å²) in [5.41, 5.74) is 2.32. The molecule has 0 spiro atoms. The molecule has 0 saturated carbocycles. The summed E-state index contributed by atoms with van der Waals surface area (Å²) in [4.78, 5) is 11.8. The molecule has 0 radical (unpaired) electrons. The van der Waals surface area contributed by atoms with Crippen molar-refractivity contribution in [3.63, 3.8) is 0 Å². The zero-order chi connectivity index (χ0) is 14.4. The van der Waals surface area contributed by atoms with Crippen LogP contribution in [-0.2, 0) is 12.2 Å². The SMILES string of the molecule is Clc1nc(-c2cc3c(s2)CCSC3)nc2ccc(Br)cc12. The third-order valence-corrected chi connectivity index (χ3v) is 6.48. The van der Waals surface area contributed by atoms with Crippen LogP contribution in [0, 0.1) is 0 Å². The van der Waals surface area contributed by atoms with E-state index in [-0.39, 0.29) is 0 Å². The molecule has 0 bridgehead atoms. The van der Waals surface area contributed by atoms with Crippen LogP contribution in [-0.4, -0.2) is 15.7 Å². The van der Waals surface area contributed by atoms with Crippen LogP contribution in [0.15, 0.2) is 28.7 Å². The highest BCUT2D eigenvalue weighted by Crippen LogP contribution is 2.37. The molecule has 1 aliphatic heterocycles. The molecule has 1 aromatic carbocycles. The fraction of sp³-hybridized carbons (Fsp3) is 0.200. The van der Waals surface area contributed by atoms with Gasteiger partial charge < -0.3 is 0 Å². The molecule has 106 valence electrons. The minimum atomic E-state index is 0.511. The van der Waals surface area contributed by atoms with E-state index >= 15 is 0 Å². The van der Waals surface area contributed by atoms with Crippen molar-refractivity contribution in [3.05, 3.63) is 44.3 Å². The quantitative estimate of drug-likeness (QED) is 0.502. The molecule has 2 nitrogen and oxygen atoms in total. The number of hydrogen-bond donors (Lipinski definition) is 0.